The lowest BCUT2D eigenvalue weighted by molar-refractivity contribution is -0.154. The van der Waals surface area contributed by atoms with Crippen LogP contribution in [0.2, 0.25) is 0 Å². The van der Waals surface area contributed by atoms with Gasteiger partial charge in [-0.25, -0.2) is 9.59 Å². The van der Waals surface area contributed by atoms with Gasteiger partial charge in [-0.15, -0.1) is 0 Å². The van der Waals surface area contributed by atoms with Crippen molar-refractivity contribution in [1.29, 1.82) is 0 Å². The minimum atomic E-state index is -0.721. The molecule has 1 aliphatic rings. The number of morpholine rings is 1. The second kappa shape index (κ2) is 6.90. The molecule has 0 N–H and O–H groups in total. The van der Waals surface area contributed by atoms with Gasteiger partial charge in [0.05, 0.1) is 19.8 Å². The number of esters is 1. The highest BCUT2D eigenvalue weighted by Crippen LogP contribution is 2.10. The van der Waals surface area contributed by atoms with E-state index in [1.807, 2.05) is 0 Å². The summed E-state index contributed by atoms with van der Waals surface area (Å²) in [7, 11) is 0. The number of hydrogen-bond acceptors (Lipinski definition) is 5. The van der Waals surface area contributed by atoms with E-state index < -0.39 is 18.1 Å². The van der Waals surface area contributed by atoms with E-state index >= 15 is 0 Å². The van der Waals surface area contributed by atoms with E-state index in [1.54, 1.807) is 6.92 Å². The molecule has 6 heteroatoms. The van der Waals surface area contributed by atoms with Gasteiger partial charge < -0.3 is 14.2 Å². The summed E-state index contributed by atoms with van der Waals surface area (Å²) in [4.78, 5) is 24.6. The van der Waals surface area contributed by atoms with Crippen molar-refractivity contribution in [3.05, 3.63) is 12.7 Å². The van der Waals surface area contributed by atoms with Gasteiger partial charge in [-0.05, 0) is 6.92 Å². The van der Waals surface area contributed by atoms with E-state index in [0.717, 1.165) is 0 Å². The highest BCUT2D eigenvalue weighted by atomic mass is 16.6. The van der Waals surface area contributed by atoms with Crippen molar-refractivity contribution in [2.45, 2.75) is 13.0 Å². The lowest BCUT2D eigenvalue weighted by Crippen LogP contribution is -2.53. The zero-order valence-corrected chi connectivity index (χ0v) is 9.89. The monoisotopic (exact) mass is 243 g/mol. The van der Waals surface area contributed by atoms with Crippen LogP contribution in [-0.4, -0.2) is 56.0 Å². The molecule has 6 nitrogen and oxygen atoms in total. The Morgan fingerprint density at radius 2 is 2.29 bits per heavy atom. The molecule has 1 fully saturated rings. The zero-order valence-electron chi connectivity index (χ0n) is 9.89. The number of nitrogens with zero attached hydrogens (tertiary/aromatic N) is 1. The number of carbonyl (C=O) groups excluding carboxylic acids is 2. The summed E-state index contributed by atoms with van der Waals surface area (Å²) in [5.74, 6) is -0.470. The van der Waals surface area contributed by atoms with Gasteiger partial charge in [0.25, 0.3) is 0 Å². The van der Waals surface area contributed by atoms with Crippen LogP contribution in [0.25, 0.3) is 0 Å². The first-order chi connectivity index (χ1) is 8.20. The molecule has 1 aliphatic heterocycles. The second-order valence-electron chi connectivity index (χ2n) is 3.40. The van der Waals surface area contributed by atoms with Crippen LogP contribution in [-0.2, 0) is 19.0 Å². The maximum absolute atomic E-state index is 11.7. The van der Waals surface area contributed by atoms with Gasteiger partial charge in [-0.3, -0.25) is 4.90 Å². The second-order valence-corrected chi connectivity index (χ2v) is 3.40. The van der Waals surface area contributed by atoms with Gasteiger partial charge in [0, 0.05) is 6.54 Å². The highest BCUT2D eigenvalue weighted by Gasteiger charge is 2.34. The maximum atomic E-state index is 11.7. The number of carbonyl (C=O) groups is 2. The molecule has 0 aliphatic carbocycles. The molecule has 0 spiro atoms. The van der Waals surface area contributed by atoms with Gasteiger partial charge in [0.1, 0.15) is 6.61 Å². The number of ether oxygens (including phenoxy) is 3. The third-order valence-electron chi connectivity index (χ3n) is 2.25. The maximum Gasteiger partial charge on any atom is 0.410 e. The molecule has 0 bridgehead atoms. The molecule has 96 valence electrons. The third-order valence-corrected chi connectivity index (χ3v) is 2.25. The van der Waals surface area contributed by atoms with Gasteiger partial charge in [0.2, 0.25) is 0 Å². The van der Waals surface area contributed by atoms with E-state index in [2.05, 4.69) is 6.58 Å². The number of amides is 1. The van der Waals surface area contributed by atoms with Crippen LogP contribution in [0, 0.1) is 0 Å². The topological polar surface area (TPSA) is 65.1 Å². The molecule has 0 radical (unpaired) electrons. The first kappa shape index (κ1) is 13.5. The molecule has 17 heavy (non-hydrogen) atoms. The van der Waals surface area contributed by atoms with Crippen molar-refractivity contribution in [3.63, 3.8) is 0 Å². The van der Waals surface area contributed by atoms with Crippen LogP contribution in [0.3, 0.4) is 0 Å². The summed E-state index contributed by atoms with van der Waals surface area (Å²) in [6.07, 6.45) is 0.920. The predicted molar refractivity (Wildman–Crippen MR) is 59.5 cm³/mol. The molecule has 0 unspecified atom stereocenters. The van der Waals surface area contributed by atoms with Gasteiger partial charge in [0.15, 0.2) is 6.04 Å². The minimum absolute atomic E-state index is 0.117. The van der Waals surface area contributed by atoms with Gasteiger partial charge >= 0.3 is 12.1 Å². The Morgan fingerprint density at radius 1 is 1.53 bits per heavy atom. The van der Waals surface area contributed by atoms with Crippen molar-refractivity contribution in [3.8, 4) is 0 Å². The molecular weight excluding hydrogens is 226 g/mol. The quantitative estimate of drug-likeness (QED) is 0.533. The van der Waals surface area contributed by atoms with Crippen molar-refractivity contribution >= 4 is 12.1 Å². The fourth-order valence-corrected chi connectivity index (χ4v) is 1.47. The summed E-state index contributed by atoms with van der Waals surface area (Å²) in [6, 6.07) is -0.721. The summed E-state index contributed by atoms with van der Waals surface area (Å²) in [5.41, 5.74) is 0. The third kappa shape index (κ3) is 3.74. The Hall–Kier alpha value is -1.56. The average molecular weight is 243 g/mol. The standard InChI is InChI=1S/C11H17NO5/c1-3-6-17-11(14)12-5-7-15-8-9(12)10(13)16-4-2/h3,9H,1,4-8H2,2H3/t9-/m0/s1. The lowest BCUT2D eigenvalue weighted by Gasteiger charge is -2.32. The molecular formula is C11H17NO5. The molecule has 0 aromatic rings. The van der Waals surface area contributed by atoms with Crippen LogP contribution in [0.4, 0.5) is 4.79 Å². The lowest BCUT2D eigenvalue weighted by atomic mass is 10.2. The van der Waals surface area contributed by atoms with E-state index in [0.29, 0.717) is 13.2 Å². The van der Waals surface area contributed by atoms with E-state index in [9.17, 15) is 9.59 Å². The largest absolute Gasteiger partial charge is 0.464 e. The highest BCUT2D eigenvalue weighted by molar-refractivity contribution is 5.81. The molecule has 0 aromatic heterocycles. The normalized spacial score (nSPS) is 19.6. The first-order valence-electron chi connectivity index (χ1n) is 5.49. The fraction of sp³-hybridized carbons (Fsp3) is 0.636. The van der Waals surface area contributed by atoms with E-state index in [1.165, 1.54) is 11.0 Å². The Bertz CT molecular complexity index is 292. The predicted octanol–water partition coefficient (Wildman–Crippen LogP) is 0.573. The summed E-state index contributed by atoms with van der Waals surface area (Å²) in [5, 5.41) is 0. The minimum Gasteiger partial charge on any atom is -0.464 e. The Kier molecular flexibility index (Phi) is 5.48. The van der Waals surface area contributed by atoms with Gasteiger partial charge in [-0.1, -0.05) is 12.7 Å². The Morgan fingerprint density at radius 3 is 2.94 bits per heavy atom. The fourth-order valence-electron chi connectivity index (χ4n) is 1.47. The summed E-state index contributed by atoms with van der Waals surface area (Å²) >= 11 is 0. The van der Waals surface area contributed by atoms with E-state index in [-0.39, 0.29) is 19.8 Å². The van der Waals surface area contributed by atoms with Crippen LogP contribution in [0.5, 0.6) is 0 Å². The number of hydrogen-bond donors (Lipinski definition) is 0. The first-order valence-corrected chi connectivity index (χ1v) is 5.49. The smallest absolute Gasteiger partial charge is 0.410 e. The van der Waals surface area contributed by atoms with Crippen molar-refractivity contribution in [1.82, 2.24) is 4.90 Å². The molecule has 1 amide bonds. The van der Waals surface area contributed by atoms with Crippen molar-refractivity contribution in [2.75, 3.05) is 33.0 Å². The summed E-state index contributed by atoms with van der Waals surface area (Å²) in [6.45, 7) is 6.39. The SMILES string of the molecule is C=CCOC(=O)N1CCOC[C@H]1C(=O)OCC. The molecule has 1 saturated heterocycles. The van der Waals surface area contributed by atoms with Crippen LogP contribution in [0.1, 0.15) is 6.92 Å². The van der Waals surface area contributed by atoms with E-state index in [4.69, 9.17) is 14.2 Å². The molecule has 1 heterocycles. The molecule has 0 aromatic carbocycles. The van der Waals surface area contributed by atoms with Crippen LogP contribution >= 0.6 is 0 Å². The Balaban J connectivity index is 2.61. The zero-order chi connectivity index (χ0) is 12.7. The van der Waals surface area contributed by atoms with Gasteiger partial charge in [-0.2, -0.15) is 0 Å². The Labute approximate surface area is 100 Å². The molecule has 0 saturated carbocycles. The van der Waals surface area contributed by atoms with Crippen LogP contribution in [0.15, 0.2) is 12.7 Å². The van der Waals surface area contributed by atoms with Crippen molar-refractivity contribution in [2.24, 2.45) is 0 Å². The van der Waals surface area contributed by atoms with Crippen molar-refractivity contribution < 1.29 is 23.8 Å². The molecule has 1 rings (SSSR count). The number of rotatable bonds is 4. The van der Waals surface area contributed by atoms with Crippen LogP contribution < -0.4 is 0 Å². The average Bonchev–Trinajstić information content (AvgIpc) is 2.36. The molecule has 1 atom stereocenters. The summed E-state index contributed by atoms with van der Waals surface area (Å²) < 4.78 is 14.9.